The molecule has 1 aromatic heterocycles. The van der Waals surface area contributed by atoms with E-state index in [0.717, 1.165) is 18.3 Å². The smallest absolute Gasteiger partial charge is 0.417 e. The van der Waals surface area contributed by atoms with Crippen LogP contribution in [0, 0.1) is 5.82 Å². The zero-order chi connectivity index (χ0) is 21.6. The quantitative estimate of drug-likeness (QED) is 0.634. The summed E-state index contributed by atoms with van der Waals surface area (Å²) in [5, 5.41) is 2.38. The van der Waals surface area contributed by atoms with E-state index in [1.54, 1.807) is 0 Å². The minimum absolute atomic E-state index is 0.0209. The molecule has 158 valence electrons. The van der Waals surface area contributed by atoms with Crippen LogP contribution in [0.15, 0.2) is 30.5 Å². The third kappa shape index (κ3) is 5.58. The van der Waals surface area contributed by atoms with E-state index < -0.39 is 29.0 Å². The van der Waals surface area contributed by atoms with Crippen LogP contribution < -0.4 is 14.8 Å². The topological polar surface area (TPSA) is 60.5 Å². The molecule has 1 N–H and O–H groups in total. The van der Waals surface area contributed by atoms with Crippen LogP contribution in [0.1, 0.15) is 48.2 Å². The van der Waals surface area contributed by atoms with Crippen LogP contribution in [0.25, 0.3) is 0 Å². The standard InChI is InChI=1S/C20H22F4N2O3/c1-4-13(5-2)29-19-17(14(8-9-25-19)20(22,23)24)18(27)26-11-12-6-7-16(28-3)15(21)10-12/h6-10,13H,4-5,11H2,1-3H3,(H,26,27). The van der Waals surface area contributed by atoms with Gasteiger partial charge in [0.05, 0.1) is 18.8 Å². The van der Waals surface area contributed by atoms with Gasteiger partial charge in [0.15, 0.2) is 11.6 Å². The maximum Gasteiger partial charge on any atom is 0.417 e. The van der Waals surface area contributed by atoms with Crippen molar-refractivity contribution in [3.05, 3.63) is 53.0 Å². The van der Waals surface area contributed by atoms with Gasteiger partial charge in [-0.05, 0) is 36.6 Å². The van der Waals surface area contributed by atoms with Gasteiger partial charge in [0.1, 0.15) is 5.56 Å². The minimum atomic E-state index is -4.77. The highest BCUT2D eigenvalue weighted by molar-refractivity contribution is 5.98. The Morgan fingerprint density at radius 3 is 2.45 bits per heavy atom. The van der Waals surface area contributed by atoms with Crippen molar-refractivity contribution in [2.75, 3.05) is 7.11 Å². The summed E-state index contributed by atoms with van der Waals surface area (Å²) in [6.07, 6.45) is -3.11. The molecule has 0 atom stereocenters. The van der Waals surface area contributed by atoms with E-state index in [4.69, 9.17) is 9.47 Å². The summed E-state index contributed by atoms with van der Waals surface area (Å²) in [5.41, 5.74) is -1.48. The molecule has 2 rings (SSSR count). The van der Waals surface area contributed by atoms with Crippen molar-refractivity contribution < 1.29 is 31.8 Å². The number of nitrogens with one attached hydrogen (secondary N) is 1. The predicted molar refractivity (Wildman–Crippen MR) is 98.4 cm³/mol. The Labute approximate surface area is 166 Å². The van der Waals surface area contributed by atoms with E-state index in [2.05, 4.69) is 10.3 Å². The lowest BCUT2D eigenvalue weighted by Gasteiger charge is -2.20. The molecule has 5 nitrogen and oxygen atoms in total. The average Bonchev–Trinajstić information content (AvgIpc) is 2.69. The zero-order valence-electron chi connectivity index (χ0n) is 16.3. The third-order valence-electron chi connectivity index (χ3n) is 4.31. The molecule has 0 spiro atoms. The molecule has 9 heteroatoms. The summed E-state index contributed by atoms with van der Waals surface area (Å²) in [5.74, 6) is -2.02. The molecule has 29 heavy (non-hydrogen) atoms. The molecule has 0 radical (unpaired) electrons. The number of benzene rings is 1. The van der Waals surface area contributed by atoms with Crippen LogP contribution in [0.4, 0.5) is 17.6 Å². The maximum atomic E-state index is 13.8. The zero-order valence-corrected chi connectivity index (χ0v) is 16.3. The molecular formula is C20H22F4N2O3. The summed E-state index contributed by atoms with van der Waals surface area (Å²) >= 11 is 0. The molecular weight excluding hydrogens is 392 g/mol. The highest BCUT2D eigenvalue weighted by Crippen LogP contribution is 2.35. The maximum absolute atomic E-state index is 13.8. The van der Waals surface area contributed by atoms with Crippen molar-refractivity contribution in [1.82, 2.24) is 10.3 Å². The van der Waals surface area contributed by atoms with Crippen LogP contribution in [0.5, 0.6) is 11.6 Å². The largest absolute Gasteiger partial charge is 0.494 e. The van der Waals surface area contributed by atoms with Gasteiger partial charge in [-0.2, -0.15) is 13.2 Å². The Morgan fingerprint density at radius 2 is 1.90 bits per heavy atom. The number of amides is 1. The fourth-order valence-corrected chi connectivity index (χ4v) is 2.69. The molecule has 0 aliphatic carbocycles. The van der Waals surface area contributed by atoms with Gasteiger partial charge in [0.2, 0.25) is 5.88 Å². The summed E-state index contributed by atoms with van der Waals surface area (Å²) in [4.78, 5) is 16.5. The number of ether oxygens (including phenoxy) is 2. The molecule has 0 saturated carbocycles. The SMILES string of the molecule is CCC(CC)Oc1nccc(C(F)(F)F)c1C(=O)NCc1ccc(OC)c(F)c1. The van der Waals surface area contributed by atoms with E-state index in [1.165, 1.54) is 19.2 Å². The van der Waals surface area contributed by atoms with Crippen molar-refractivity contribution in [3.63, 3.8) is 0 Å². The monoisotopic (exact) mass is 414 g/mol. The van der Waals surface area contributed by atoms with Gasteiger partial charge in [-0.3, -0.25) is 4.79 Å². The average molecular weight is 414 g/mol. The van der Waals surface area contributed by atoms with Crippen molar-refractivity contribution in [2.45, 2.75) is 45.5 Å². The molecule has 0 saturated heterocycles. The lowest BCUT2D eigenvalue weighted by molar-refractivity contribution is -0.138. The van der Waals surface area contributed by atoms with Crippen LogP contribution in [0.2, 0.25) is 0 Å². The second-order valence-electron chi connectivity index (χ2n) is 6.24. The molecule has 0 bridgehead atoms. The van der Waals surface area contributed by atoms with Gasteiger partial charge in [0, 0.05) is 12.7 Å². The van der Waals surface area contributed by atoms with Gasteiger partial charge < -0.3 is 14.8 Å². The molecule has 1 amide bonds. The van der Waals surface area contributed by atoms with E-state index in [1.807, 2.05) is 13.8 Å². The van der Waals surface area contributed by atoms with Gasteiger partial charge >= 0.3 is 6.18 Å². The molecule has 2 aromatic rings. The number of rotatable bonds is 8. The third-order valence-corrected chi connectivity index (χ3v) is 4.31. The van der Waals surface area contributed by atoms with E-state index in [9.17, 15) is 22.4 Å². The van der Waals surface area contributed by atoms with Crippen molar-refractivity contribution in [3.8, 4) is 11.6 Å². The number of aromatic nitrogens is 1. The number of hydrogen-bond donors (Lipinski definition) is 1. The normalized spacial score (nSPS) is 11.4. The predicted octanol–water partition coefficient (Wildman–Crippen LogP) is 4.75. The number of halogens is 4. The number of alkyl halides is 3. The molecule has 1 aromatic carbocycles. The number of carbonyl (C=O) groups is 1. The first-order valence-electron chi connectivity index (χ1n) is 9.04. The van der Waals surface area contributed by atoms with E-state index >= 15 is 0 Å². The highest BCUT2D eigenvalue weighted by atomic mass is 19.4. The molecule has 0 fully saturated rings. The van der Waals surface area contributed by atoms with Gasteiger partial charge in [-0.25, -0.2) is 9.37 Å². The Kier molecular flexibility index (Phi) is 7.41. The van der Waals surface area contributed by atoms with Crippen molar-refractivity contribution in [1.29, 1.82) is 0 Å². The van der Waals surface area contributed by atoms with Crippen LogP contribution in [-0.2, 0) is 12.7 Å². The minimum Gasteiger partial charge on any atom is -0.494 e. The number of carbonyl (C=O) groups excluding carboxylic acids is 1. The Bertz CT molecular complexity index is 852. The summed E-state index contributed by atoms with van der Waals surface area (Å²) in [6.45, 7) is 3.45. The summed E-state index contributed by atoms with van der Waals surface area (Å²) in [6, 6.07) is 4.72. The number of hydrogen-bond acceptors (Lipinski definition) is 4. The fourth-order valence-electron chi connectivity index (χ4n) is 2.69. The Balaban J connectivity index is 2.32. The summed E-state index contributed by atoms with van der Waals surface area (Å²) < 4.78 is 64.5. The summed E-state index contributed by atoms with van der Waals surface area (Å²) in [7, 11) is 1.31. The molecule has 1 heterocycles. The highest BCUT2D eigenvalue weighted by Gasteiger charge is 2.38. The number of nitrogens with zero attached hydrogens (tertiary/aromatic N) is 1. The second-order valence-corrected chi connectivity index (χ2v) is 6.24. The van der Waals surface area contributed by atoms with Gasteiger partial charge in [-0.15, -0.1) is 0 Å². The van der Waals surface area contributed by atoms with E-state index in [-0.39, 0.29) is 24.3 Å². The molecule has 0 aliphatic heterocycles. The lowest BCUT2D eigenvalue weighted by Crippen LogP contribution is -2.28. The number of methoxy groups -OCH3 is 1. The van der Waals surface area contributed by atoms with E-state index in [0.29, 0.717) is 18.4 Å². The molecule has 0 unspecified atom stereocenters. The van der Waals surface area contributed by atoms with Crippen LogP contribution >= 0.6 is 0 Å². The first kappa shape index (κ1) is 22.4. The van der Waals surface area contributed by atoms with Crippen molar-refractivity contribution in [2.24, 2.45) is 0 Å². The van der Waals surface area contributed by atoms with Crippen molar-refractivity contribution >= 4 is 5.91 Å². The van der Waals surface area contributed by atoms with Crippen LogP contribution in [0.3, 0.4) is 0 Å². The molecule has 0 aliphatic rings. The van der Waals surface area contributed by atoms with Gasteiger partial charge in [-0.1, -0.05) is 19.9 Å². The lowest BCUT2D eigenvalue weighted by atomic mass is 10.1. The second kappa shape index (κ2) is 9.58. The first-order chi connectivity index (χ1) is 13.7. The number of pyridine rings is 1. The van der Waals surface area contributed by atoms with Crippen LogP contribution in [-0.4, -0.2) is 24.1 Å². The Morgan fingerprint density at radius 1 is 1.21 bits per heavy atom. The van der Waals surface area contributed by atoms with Gasteiger partial charge in [0.25, 0.3) is 5.91 Å². The fraction of sp³-hybridized carbons (Fsp3) is 0.400. The Hall–Kier alpha value is -2.84. The first-order valence-corrected chi connectivity index (χ1v) is 9.04.